The van der Waals surface area contributed by atoms with Crippen LogP contribution in [-0.2, 0) is 0 Å². The second-order valence-electron chi connectivity index (χ2n) is 9.13. The molecule has 1 aliphatic heterocycles. The van der Waals surface area contributed by atoms with E-state index in [0.717, 1.165) is 34.0 Å². The van der Waals surface area contributed by atoms with E-state index in [1.54, 1.807) is 11.8 Å². The van der Waals surface area contributed by atoms with Gasteiger partial charge in [0.05, 0.1) is 18.2 Å². The van der Waals surface area contributed by atoms with Gasteiger partial charge in [-0.15, -0.1) is 0 Å². The molecule has 1 aromatic heterocycles. The maximum Gasteiger partial charge on any atom is 0.296 e. The van der Waals surface area contributed by atoms with Crippen LogP contribution in [0.4, 0.5) is 0 Å². The highest BCUT2D eigenvalue weighted by molar-refractivity contribution is 8.14. The molecule has 0 radical (unpaired) electrons. The smallest absolute Gasteiger partial charge is 0.296 e. The fourth-order valence-electron chi connectivity index (χ4n) is 4.48. The van der Waals surface area contributed by atoms with Gasteiger partial charge in [-0.3, -0.25) is 14.7 Å². The zero-order valence-corrected chi connectivity index (χ0v) is 19.5. The highest BCUT2D eigenvalue weighted by atomic mass is 32.2. The van der Waals surface area contributed by atoms with Crippen molar-refractivity contribution in [1.29, 1.82) is 0 Å². The Labute approximate surface area is 183 Å². The van der Waals surface area contributed by atoms with Crippen LogP contribution in [0.5, 0.6) is 5.75 Å². The summed E-state index contributed by atoms with van der Waals surface area (Å²) < 4.78 is 11.7. The van der Waals surface area contributed by atoms with Crippen molar-refractivity contribution in [1.82, 2.24) is 4.90 Å². The molecular weight excluding hydrogens is 396 g/mol. The van der Waals surface area contributed by atoms with Crippen molar-refractivity contribution < 1.29 is 13.9 Å². The molecule has 1 amide bonds. The molecule has 2 heterocycles. The number of amidine groups is 1. The molecule has 2 aliphatic rings. The summed E-state index contributed by atoms with van der Waals surface area (Å²) in [5, 5.41) is 1.77. The van der Waals surface area contributed by atoms with Gasteiger partial charge in [0.1, 0.15) is 11.3 Å². The number of benzene rings is 1. The standard InChI is InChI=1S/C24H32N2O3S/c1-6-28-17-11-12-20-18(13-17)16(3)21(29-20)22(27)26-23(30-14-24(26,4)5)25-19-10-8-7-9-15(19)2/h11-13,15,19H,6-10,14H2,1-5H3/t15-,19+/m0/s1. The minimum atomic E-state index is -0.305. The van der Waals surface area contributed by atoms with Crippen molar-refractivity contribution >= 4 is 33.8 Å². The van der Waals surface area contributed by atoms with E-state index in [9.17, 15) is 4.79 Å². The summed E-state index contributed by atoms with van der Waals surface area (Å²) in [4.78, 5) is 20.7. The van der Waals surface area contributed by atoms with Gasteiger partial charge in [-0.25, -0.2) is 0 Å². The molecule has 2 aromatic rings. The van der Waals surface area contributed by atoms with Crippen LogP contribution in [0.2, 0.25) is 0 Å². The Morgan fingerprint density at radius 2 is 2.10 bits per heavy atom. The van der Waals surface area contributed by atoms with Gasteiger partial charge in [0.2, 0.25) is 0 Å². The monoisotopic (exact) mass is 428 g/mol. The zero-order chi connectivity index (χ0) is 21.5. The first-order valence-corrected chi connectivity index (χ1v) is 12.0. The molecule has 30 heavy (non-hydrogen) atoms. The van der Waals surface area contributed by atoms with Crippen LogP contribution in [0, 0.1) is 12.8 Å². The van der Waals surface area contributed by atoms with E-state index in [4.69, 9.17) is 14.1 Å². The van der Waals surface area contributed by atoms with E-state index < -0.39 is 0 Å². The summed E-state index contributed by atoms with van der Waals surface area (Å²) in [7, 11) is 0. The van der Waals surface area contributed by atoms with Crippen molar-refractivity contribution in [2.75, 3.05) is 12.4 Å². The van der Waals surface area contributed by atoms with Gasteiger partial charge in [-0.2, -0.15) is 0 Å². The second kappa shape index (κ2) is 8.29. The van der Waals surface area contributed by atoms with Gasteiger partial charge in [0.15, 0.2) is 10.9 Å². The molecule has 1 aliphatic carbocycles. The Bertz CT molecular complexity index is 978. The summed E-state index contributed by atoms with van der Waals surface area (Å²) >= 11 is 1.69. The van der Waals surface area contributed by atoms with Gasteiger partial charge in [0.25, 0.3) is 5.91 Å². The number of thioether (sulfide) groups is 1. The fourth-order valence-corrected chi connectivity index (χ4v) is 5.76. The first-order chi connectivity index (χ1) is 14.3. The summed E-state index contributed by atoms with van der Waals surface area (Å²) in [5.74, 6) is 2.50. The quantitative estimate of drug-likeness (QED) is 0.595. The van der Waals surface area contributed by atoms with Crippen molar-refractivity contribution in [3.63, 3.8) is 0 Å². The summed E-state index contributed by atoms with van der Waals surface area (Å²) in [6.07, 6.45) is 4.83. The lowest BCUT2D eigenvalue weighted by Crippen LogP contribution is -2.47. The van der Waals surface area contributed by atoms with Crippen molar-refractivity contribution in [3.05, 3.63) is 29.5 Å². The Morgan fingerprint density at radius 1 is 1.33 bits per heavy atom. The van der Waals surface area contributed by atoms with Crippen LogP contribution in [0.25, 0.3) is 11.0 Å². The Balaban J connectivity index is 1.70. The van der Waals surface area contributed by atoms with E-state index in [-0.39, 0.29) is 11.4 Å². The summed E-state index contributed by atoms with van der Waals surface area (Å²) in [6.45, 7) is 11.0. The van der Waals surface area contributed by atoms with E-state index >= 15 is 0 Å². The topological polar surface area (TPSA) is 55.0 Å². The van der Waals surface area contributed by atoms with Crippen molar-refractivity contribution in [3.8, 4) is 5.75 Å². The molecule has 0 unspecified atom stereocenters. The molecule has 0 N–H and O–H groups in total. The van der Waals surface area contributed by atoms with E-state index in [0.29, 0.717) is 29.9 Å². The minimum absolute atomic E-state index is 0.0983. The Morgan fingerprint density at radius 3 is 2.83 bits per heavy atom. The Kier molecular flexibility index (Phi) is 5.88. The molecule has 4 rings (SSSR count). The second-order valence-corrected chi connectivity index (χ2v) is 10.1. The number of ether oxygens (including phenoxy) is 1. The van der Waals surface area contributed by atoms with Crippen molar-refractivity contribution in [2.45, 2.75) is 71.9 Å². The van der Waals surface area contributed by atoms with E-state index in [2.05, 4.69) is 20.8 Å². The lowest BCUT2D eigenvalue weighted by Gasteiger charge is -2.31. The number of hydrogen-bond donors (Lipinski definition) is 0. The van der Waals surface area contributed by atoms with Gasteiger partial charge in [-0.1, -0.05) is 31.5 Å². The van der Waals surface area contributed by atoms with Gasteiger partial charge < -0.3 is 9.15 Å². The number of rotatable bonds is 4. The average molecular weight is 429 g/mol. The largest absolute Gasteiger partial charge is 0.494 e. The molecule has 2 atom stereocenters. The third-order valence-corrected chi connectivity index (χ3v) is 7.71. The van der Waals surface area contributed by atoms with Crippen LogP contribution < -0.4 is 4.74 Å². The molecule has 2 fully saturated rings. The predicted octanol–water partition coefficient (Wildman–Crippen LogP) is 6.04. The highest BCUT2D eigenvalue weighted by Gasteiger charge is 2.44. The van der Waals surface area contributed by atoms with Crippen LogP contribution >= 0.6 is 11.8 Å². The van der Waals surface area contributed by atoms with E-state index in [1.807, 2.05) is 36.9 Å². The normalized spacial score (nSPS) is 25.2. The van der Waals surface area contributed by atoms with Crippen molar-refractivity contribution in [2.24, 2.45) is 10.9 Å². The van der Waals surface area contributed by atoms with E-state index in [1.165, 1.54) is 19.3 Å². The first kappa shape index (κ1) is 21.3. The lowest BCUT2D eigenvalue weighted by molar-refractivity contribution is 0.0735. The average Bonchev–Trinajstić information content (AvgIpc) is 3.19. The predicted molar refractivity (Wildman–Crippen MR) is 124 cm³/mol. The third-order valence-electron chi connectivity index (χ3n) is 6.31. The number of fused-ring (bicyclic) bond motifs is 1. The van der Waals surface area contributed by atoms with Crippen LogP contribution in [-0.4, -0.2) is 39.9 Å². The molecule has 5 nitrogen and oxygen atoms in total. The van der Waals surface area contributed by atoms with Crippen LogP contribution in [0.1, 0.15) is 69.5 Å². The number of carbonyl (C=O) groups excluding carboxylic acids is 1. The summed E-state index contributed by atoms with van der Waals surface area (Å²) in [5.41, 5.74) is 1.26. The van der Waals surface area contributed by atoms with Crippen LogP contribution in [0.15, 0.2) is 27.6 Å². The molecule has 1 aromatic carbocycles. The fraction of sp³-hybridized carbons (Fsp3) is 0.583. The number of furan rings is 1. The summed E-state index contributed by atoms with van der Waals surface area (Å²) in [6, 6.07) is 6.02. The number of hydrogen-bond acceptors (Lipinski definition) is 5. The number of amides is 1. The first-order valence-electron chi connectivity index (χ1n) is 11.0. The molecule has 0 bridgehead atoms. The molecule has 1 saturated heterocycles. The van der Waals surface area contributed by atoms with Gasteiger partial charge in [-0.05, 0) is 64.7 Å². The lowest BCUT2D eigenvalue weighted by atomic mass is 9.86. The molecule has 0 spiro atoms. The van der Waals surface area contributed by atoms with Gasteiger partial charge in [0, 0.05) is 16.7 Å². The SMILES string of the molecule is CCOc1ccc2oc(C(=O)N3C(=N[C@@H]4CCCC[C@@H]4C)SCC3(C)C)c(C)c2c1. The number of aryl methyl sites for hydroxylation is 1. The van der Waals surface area contributed by atoms with Crippen LogP contribution in [0.3, 0.4) is 0 Å². The number of carbonyl (C=O) groups is 1. The minimum Gasteiger partial charge on any atom is -0.494 e. The Hall–Kier alpha value is -1.95. The highest BCUT2D eigenvalue weighted by Crippen LogP contribution is 2.38. The number of aliphatic imine (C=N–C) groups is 1. The molecule has 6 heteroatoms. The molecule has 162 valence electrons. The zero-order valence-electron chi connectivity index (χ0n) is 18.7. The van der Waals surface area contributed by atoms with Gasteiger partial charge >= 0.3 is 0 Å². The third kappa shape index (κ3) is 3.86. The molecular formula is C24H32N2O3S. The number of nitrogens with zero attached hydrogens (tertiary/aromatic N) is 2. The maximum absolute atomic E-state index is 13.7. The maximum atomic E-state index is 13.7. The molecule has 1 saturated carbocycles.